The van der Waals surface area contributed by atoms with Crippen LogP contribution in [0.3, 0.4) is 0 Å². The van der Waals surface area contributed by atoms with Gasteiger partial charge < -0.3 is 19.3 Å². The Kier molecular flexibility index (Phi) is 7.24. The molecular formula is C27H27N7O2S. The molecule has 0 atom stereocenters. The molecule has 2 fully saturated rings. The summed E-state index contributed by atoms with van der Waals surface area (Å²) >= 11 is 1.45. The zero-order valence-corrected chi connectivity index (χ0v) is 21.7. The number of rotatable bonds is 9. The maximum Gasteiger partial charge on any atom is 0.148 e. The van der Waals surface area contributed by atoms with Crippen molar-refractivity contribution in [2.45, 2.75) is 10.8 Å². The van der Waals surface area contributed by atoms with E-state index in [-0.39, 0.29) is 5.41 Å². The van der Waals surface area contributed by atoms with E-state index in [4.69, 9.17) is 14.5 Å². The van der Waals surface area contributed by atoms with Gasteiger partial charge in [-0.05, 0) is 31.3 Å². The Morgan fingerprint density at radius 1 is 1.03 bits per heavy atom. The number of aromatic nitrogens is 3. The predicted octanol–water partition coefficient (Wildman–Crippen LogP) is 3.35. The predicted molar refractivity (Wildman–Crippen MR) is 140 cm³/mol. The van der Waals surface area contributed by atoms with Crippen molar-refractivity contribution in [3.05, 3.63) is 59.5 Å². The summed E-state index contributed by atoms with van der Waals surface area (Å²) in [6, 6.07) is 14.0. The highest BCUT2D eigenvalue weighted by atomic mass is 32.2. The highest BCUT2D eigenvalue weighted by Gasteiger charge is 2.51. The molecule has 0 aliphatic carbocycles. The average Bonchev–Trinajstić information content (AvgIpc) is 2.89. The molecule has 188 valence electrons. The molecule has 2 aliphatic heterocycles. The Bertz CT molecular complexity index is 1340. The van der Waals surface area contributed by atoms with Gasteiger partial charge >= 0.3 is 0 Å². The number of methoxy groups -OCH3 is 1. The molecule has 10 heteroatoms. The Morgan fingerprint density at radius 3 is 2.46 bits per heavy atom. The number of anilines is 1. The topological polar surface area (TPSA) is 111 Å². The van der Waals surface area contributed by atoms with Gasteiger partial charge in [-0.3, -0.25) is 9.97 Å². The summed E-state index contributed by atoms with van der Waals surface area (Å²) in [5.41, 5.74) is 2.92. The lowest BCUT2D eigenvalue weighted by atomic mass is 9.73. The second-order valence-electron chi connectivity index (χ2n) is 9.45. The molecule has 0 aromatic carbocycles. The Balaban J connectivity index is 1.53. The summed E-state index contributed by atoms with van der Waals surface area (Å²) in [5.74, 6) is 1.76. The van der Waals surface area contributed by atoms with Crippen LogP contribution >= 0.6 is 11.8 Å². The third-order valence-electron chi connectivity index (χ3n) is 6.56. The lowest BCUT2D eigenvalue weighted by molar-refractivity contribution is -0.00286. The fourth-order valence-electron chi connectivity index (χ4n) is 5.05. The van der Waals surface area contributed by atoms with Crippen LogP contribution < -0.4 is 9.64 Å². The first-order chi connectivity index (χ1) is 18.1. The van der Waals surface area contributed by atoms with Crippen molar-refractivity contribution in [3.63, 3.8) is 0 Å². The van der Waals surface area contributed by atoms with Crippen molar-refractivity contribution in [2.75, 3.05) is 58.5 Å². The normalized spacial score (nSPS) is 15.9. The summed E-state index contributed by atoms with van der Waals surface area (Å²) in [4.78, 5) is 18.3. The van der Waals surface area contributed by atoms with Crippen molar-refractivity contribution in [3.8, 4) is 29.1 Å². The highest BCUT2D eigenvalue weighted by molar-refractivity contribution is 7.98. The zero-order chi connectivity index (χ0) is 25.8. The number of hydrogen-bond donors (Lipinski definition) is 0. The second kappa shape index (κ2) is 10.7. The fraction of sp³-hybridized carbons (Fsp3) is 0.370. The smallest absolute Gasteiger partial charge is 0.148 e. The third kappa shape index (κ3) is 5.09. The van der Waals surface area contributed by atoms with Gasteiger partial charge in [0.25, 0.3) is 0 Å². The molecule has 5 heterocycles. The van der Waals surface area contributed by atoms with Gasteiger partial charge in [0.05, 0.1) is 29.8 Å². The van der Waals surface area contributed by atoms with Gasteiger partial charge in [0.1, 0.15) is 40.9 Å². The molecule has 3 aromatic heterocycles. The van der Waals surface area contributed by atoms with Crippen molar-refractivity contribution in [1.29, 1.82) is 10.5 Å². The summed E-state index contributed by atoms with van der Waals surface area (Å²) in [7, 11) is 3.73. The number of ether oxygens (including phenoxy) is 2. The molecule has 9 nitrogen and oxygen atoms in total. The van der Waals surface area contributed by atoms with Gasteiger partial charge in [-0.1, -0.05) is 17.8 Å². The first-order valence-corrected chi connectivity index (χ1v) is 13.0. The molecule has 37 heavy (non-hydrogen) atoms. The van der Waals surface area contributed by atoms with E-state index in [0.717, 1.165) is 31.9 Å². The Morgan fingerprint density at radius 2 is 1.84 bits per heavy atom. The summed E-state index contributed by atoms with van der Waals surface area (Å²) < 4.78 is 10.7. The minimum Gasteiger partial charge on any atom is -0.490 e. The van der Waals surface area contributed by atoms with Gasteiger partial charge in [-0.15, -0.1) is 0 Å². The van der Waals surface area contributed by atoms with Crippen LogP contribution in [0.4, 0.5) is 5.82 Å². The van der Waals surface area contributed by atoms with Crippen LogP contribution in [-0.2, 0) is 10.5 Å². The highest BCUT2D eigenvalue weighted by Crippen LogP contribution is 2.44. The minimum absolute atomic E-state index is 0.262. The van der Waals surface area contributed by atoms with E-state index in [1.165, 1.54) is 11.8 Å². The molecule has 0 saturated carbocycles. The van der Waals surface area contributed by atoms with E-state index in [9.17, 15) is 10.5 Å². The maximum atomic E-state index is 10.3. The van der Waals surface area contributed by atoms with Crippen molar-refractivity contribution in [1.82, 2.24) is 19.9 Å². The van der Waals surface area contributed by atoms with Gasteiger partial charge in [0.2, 0.25) is 0 Å². The molecule has 1 spiro atoms. The Labute approximate surface area is 220 Å². The van der Waals surface area contributed by atoms with E-state index >= 15 is 0 Å². The van der Waals surface area contributed by atoms with Crippen LogP contribution in [0.15, 0.2) is 47.8 Å². The van der Waals surface area contributed by atoms with Crippen LogP contribution in [0, 0.1) is 28.1 Å². The Hall–Kier alpha value is -3.70. The number of thioether (sulfide) groups is 1. The molecule has 5 rings (SSSR count). The minimum atomic E-state index is 0.262. The van der Waals surface area contributed by atoms with Gasteiger partial charge in [0, 0.05) is 56.2 Å². The molecule has 2 saturated heterocycles. The zero-order valence-electron chi connectivity index (χ0n) is 20.8. The number of hydrogen-bond acceptors (Lipinski definition) is 10. The van der Waals surface area contributed by atoms with Crippen LogP contribution in [0.25, 0.3) is 11.3 Å². The molecule has 0 bridgehead atoms. The average molecular weight is 514 g/mol. The van der Waals surface area contributed by atoms with Gasteiger partial charge in [-0.25, -0.2) is 4.98 Å². The number of nitrogens with zero attached hydrogens (tertiary/aromatic N) is 7. The van der Waals surface area contributed by atoms with Crippen LogP contribution in [0.2, 0.25) is 0 Å². The number of likely N-dealkylation sites (tertiary alicyclic amines) is 1. The first kappa shape index (κ1) is 25.0. The molecule has 2 aliphatic rings. The molecule has 0 radical (unpaired) electrons. The quantitative estimate of drug-likeness (QED) is 0.312. The van der Waals surface area contributed by atoms with E-state index < -0.39 is 0 Å². The first-order valence-electron chi connectivity index (χ1n) is 12.0. The van der Waals surface area contributed by atoms with Gasteiger partial charge in [0.15, 0.2) is 0 Å². The van der Waals surface area contributed by atoms with Gasteiger partial charge in [-0.2, -0.15) is 10.5 Å². The third-order valence-corrected chi connectivity index (χ3v) is 7.57. The lowest BCUT2D eigenvalue weighted by Crippen LogP contribution is -2.71. The van der Waals surface area contributed by atoms with Crippen molar-refractivity contribution in [2.24, 2.45) is 5.41 Å². The summed E-state index contributed by atoms with van der Waals surface area (Å²) in [6.45, 7) is 4.65. The standard InChI is InChI=1S/C27H27N7O2S/c1-33-15-27(16-33)17-34(18-27)25-21(11-28)24(23-7-6-20(13-31-23)36-10-9-35-2)22(12-29)26(32-25)37-14-19-5-3-4-8-30-19/h3-8,13H,9-10,14-18H2,1-2H3. The summed E-state index contributed by atoms with van der Waals surface area (Å²) in [6.07, 6.45) is 3.36. The SMILES string of the molecule is COCCOc1ccc(-c2c(C#N)c(SCc3ccccn3)nc(N3CC4(CN(C)C4)C3)c2C#N)nc1. The lowest BCUT2D eigenvalue weighted by Gasteiger charge is -2.60. The summed E-state index contributed by atoms with van der Waals surface area (Å²) in [5, 5.41) is 21.1. The van der Waals surface area contributed by atoms with E-state index in [0.29, 0.717) is 57.9 Å². The fourth-order valence-corrected chi connectivity index (χ4v) is 5.94. The monoisotopic (exact) mass is 513 g/mol. The van der Waals surface area contributed by atoms with E-state index in [1.54, 1.807) is 31.6 Å². The molecule has 3 aromatic rings. The maximum absolute atomic E-state index is 10.3. The molecule has 0 amide bonds. The van der Waals surface area contributed by atoms with Crippen LogP contribution in [0.5, 0.6) is 5.75 Å². The largest absolute Gasteiger partial charge is 0.490 e. The van der Waals surface area contributed by atoms with Crippen molar-refractivity contribution >= 4 is 17.6 Å². The second-order valence-corrected chi connectivity index (χ2v) is 10.4. The van der Waals surface area contributed by atoms with E-state index in [2.05, 4.69) is 39.0 Å². The number of nitriles is 2. The molecule has 0 unspecified atom stereocenters. The van der Waals surface area contributed by atoms with Crippen LogP contribution in [-0.4, -0.2) is 73.4 Å². The molecular weight excluding hydrogens is 486 g/mol. The van der Waals surface area contributed by atoms with Crippen LogP contribution in [0.1, 0.15) is 16.8 Å². The van der Waals surface area contributed by atoms with E-state index in [1.807, 2.05) is 18.2 Å². The van der Waals surface area contributed by atoms with Crippen molar-refractivity contribution < 1.29 is 9.47 Å². The molecule has 0 N–H and O–H groups in total. The number of pyridine rings is 3.